The fourth-order valence-corrected chi connectivity index (χ4v) is 6.20. The van der Waals surface area contributed by atoms with Crippen molar-refractivity contribution in [2.45, 2.75) is 52.4 Å². The van der Waals surface area contributed by atoms with Gasteiger partial charge in [0, 0.05) is 6.07 Å². The van der Waals surface area contributed by atoms with Crippen molar-refractivity contribution in [2.75, 3.05) is 25.7 Å². The Morgan fingerprint density at radius 3 is 1.42 bits per heavy atom. The summed E-state index contributed by atoms with van der Waals surface area (Å²) in [6.07, 6.45) is 8.50. The average Bonchev–Trinajstić information content (AvgIpc) is 4.06. The Morgan fingerprint density at radius 2 is 1.03 bits per heavy atom. The van der Waals surface area contributed by atoms with E-state index >= 15 is 0 Å². The molecule has 0 saturated carbocycles. The van der Waals surface area contributed by atoms with Crippen LogP contribution < -0.4 is 11.5 Å². The van der Waals surface area contributed by atoms with E-state index < -0.39 is 11.9 Å². The zero-order valence-electron chi connectivity index (χ0n) is 33.4. The van der Waals surface area contributed by atoms with Gasteiger partial charge in [0.2, 0.25) is 0 Å². The van der Waals surface area contributed by atoms with Gasteiger partial charge >= 0.3 is 11.9 Å². The van der Waals surface area contributed by atoms with Crippen LogP contribution in [0.2, 0.25) is 0 Å². The van der Waals surface area contributed by atoms with Crippen molar-refractivity contribution in [3.63, 3.8) is 0 Å². The lowest BCUT2D eigenvalue weighted by molar-refractivity contribution is 0.0592. The lowest BCUT2D eigenvalue weighted by Crippen LogP contribution is -2.09. The standard InChI is InChI=1S/C40H42N16O4/c1-5-7-19-29-33(47-49-37-27(39(57)59-3)22-45-53(37)25-15-11-9-12-16-25)35(41)55(51-29)31-21-32(44-24-43-31)56-36(42)34(30(52-56)20-8-6-2)48-50-38-28(40(58)60-4)23-46-54(38)26-17-13-10-14-18-26/h9-18,21-24H,5-8,19-20,41-42H2,1-4H3/b49-47+,50-48+. The van der Waals surface area contributed by atoms with Crippen molar-refractivity contribution in [1.82, 2.24) is 49.1 Å². The van der Waals surface area contributed by atoms with E-state index in [0.717, 1.165) is 25.7 Å². The fourth-order valence-electron chi connectivity index (χ4n) is 6.20. The summed E-state index contributed by atoms with van der Waals surface area (Å²) in [7, 11) is 2.56. The van der Waals surface area contributed by atoms with E-state index in [-0.39, 0.29) is 34.4 Å². The normalized spacial score (nSPS) is 11.5. The molecule has 0 aliphatic heterocycles. The number of carbonyl (C=O) groups excluding carboxylic acids is 2. The maximum Gasteiger partial charge on any atom is 0.343 e. The molecule has 0 unspecified atom stereocenters. The third-order valence-corrected chi connectivity index (χ3v) is 9.33. The Balaban J connectivity index is 1.28. The Hall–Kier alpha value is -7.90. The fraction of sp³-hybridized carbons (Fsp3) is 0.250. The third kappa shape index (κ3) is 8.10. The van der Waals surface area contributed by atoms with Crippen LogP contribution in [0.3, 0.4) is 0 Å². The molecule has 0 aliphatic rings. The van der Waals surface area contributed by atoms with Crippen molar-refractivity contribution < 1.29 is 19.1 Å². The summed E-state index contributed by atoms with van der Waals surface area (Å²) in [6, 6.07) is 20.0. The highest BCUT2D eigenvalue weighted by molar-refractivity contribution is 5.94. The van der Waals surface area contributed by atoms with Crippen LogP contribution in [0.1, 0.15) is 71.6 Å². The first-order chi connectivity index (χ1) is 29.3. The van der Waals surface area contributed by atoms with Crippen molar-refractivity contribution in [1.29, 1.82) is 0 Å². The molecule has 2 aromatic carbocycles. The minimum atomic E-state index is -0.625. The van der Waals surface area contributed by atoms with Crippen molar-refractivity contribution in [2.24, 2.45) is 20.5 Å². The van der Waals surface area contributed by atoms with E-state index in [4.69, 9.17) is 31.1 Å². The Bertz CT molecular complexity index is 2500. The molecule has 0 spiro atoms. The molecule has 0 amide bonds. The predicted molar refractivity (Wildman–Crippen MR) is 220 cm³/mol. The minimum Gasteiger partial charge on any atom is -0.465 e. The maximum atomic E-state index is 12.7. The van der Waals surface area contributed by atoms with E-state index in [0.29, 0.717) is 58.6 Å². The van der Waals surface area contributed by atoms with Crippen LogP contribution in [0.15, 0.2) is 106 Å². The van der Waals surface area contributed by atoms with Gasteiger partial charge in [0.15, 0.2) is 46.3 Å². The molecule has 60 heavy (non-hydrogen) atoms. The number of nitrogen functional groups attached to an aromatic ring is 2. The van der Waals surface area contributed by atoms with Gasteiger partial charge in [-0.05, 0) is 49.9 Å². The van der Waals surface area contributed by atoms with Crippen molar-refractivity contribution >= 4 is 46.6 Å². The predicted octanol–water partition coefficient (Wildman–Crippen LogP) is 7.47. The van der Waals surface area contributed by atoms with Crippen LogP contribution in [0.25, 0.3) is 23.0 Å². The van der Waals surface area contributed by atoms with E-state index in [1.165, 1.54) is 51.7 Å². The van der Waals surface area contributed by atoms with Crippen LogP contribution in [0, 0.1) is 0 Å². The van der Waals surface area contributed by atoms with E-state index in [9.17, 15) is 9.59 Å². The second kappa shape index (κ2) is 18.1. The number of hydrogen-bond acceptors (Lipinski definition) is 16. The molecule has 0 fully saturated rings. The number of hydrogen-bond donors (Lipinski definition) is 2. The van der Waals surface area contributed by atoms with Crippen LogP contribution in [0.4, 0.5) is 34.6 Å². The molecule has 5 aromatic heterocycles. The van der Waals surface area contributed by atoms with Gasteiger partial charge in [-0.1, -0.05) is 63.1 Å². The number of carbonyl (C=O) groups is 2. The summed E-state index contributed by atoms with van der Waals surface area (Å²) in [4.78, 5) is 34.4. The molecular formula is C40H42N16O4. The number of nitrogens with two attached hydrogens (primary N) is 2. The number of azo groups is 2. The molecule has 7 rings (SSSR count). The van der Waals surface area contributed by atoms with Gasteiger partial charge in [-0.2, -0.15) is 29.8 Å². The van der Waals surface area contributed by atoms with Gasteiger partial charge in [-0.15, -0.1) is 20.5 Å². The summed E-state index contributed by atoms with van der Waals surface area (Å²) in [6.45, 7) is 4.12. The zero-order chi connectivity index (χ0) is 42.2. The van der Waals surface area contributed by atoms with Gasteiger partial charge < -0.3 is 20.9 Å². The number of benzene rings is 2. The molecule has 0 atom stereocenters. The molecule has 0 bridgehead atoms. The lowest BCUT2D eigenvalue weighted by atomic mass is 10.2. The molecule has 5 heterocycles. The number of para-hydroxylation sites is 2. The molecule has 20 nitrogen and oxygen atoms in total. The van der Waals surface area contributed by atoms with Crippen LogP contribution in [-0.2, 0) is 22.3 Å². The molecular weight excluding hydrogens is 769 g/mol. The third-order valence-electron chi connectivity index (χ3n) is 9.33. The molecule has 0 radical (unpaired) electrons. The molecule has 306 valence electrons. The van der Waals surface area contributed by atoms with Gasteiger partial charge in [-0.3, -0.25) is 0 Å². The smallest absolute Gasteiger partial charge is 0.343 e. The van der Waals surface area contributed by atoms with Crippen LogP contribution >= 0.6 is 0 Å². The molecule has 20 heteroatoms. The van der Waals surface area contributed by atoms with Crippen molar-refractivity contribution in [3.05, 3.63) is 108 Å². The topological polar surface area (TPSA) is 251 Å². The summed E-state index contributed by atoms with van der Waals surface area (Å²) in [5.74, 6) is -0.0751. The van der Waals surface area contributed by atoms with Gasteiger partial charge in [0.05, 0.1) is 49.4 Å². The number of aryl methyl sites for hydroxylation is 2. The number of unbranched alkanes of at least 4 members (excludes halogenated alkanes) is 2. The minimum absolute atomic E-state index is 0.117. The first-order valence-corrected chi connectivity index (χ1v) is 19.1. The first kappa shape index (κ1) is 40.3. The highest BCUT2D eigenvalue weighted by Crippen LogP contribution is 2.36. The monoisotopic (exact) mass is 810 g/mol. The number of esters is 2. The van der Waals surface area contributed by atoms with Crippen LogP contribution in [-0.4, -0.2) is 75.2 Å². The Labute approximate surface area is 343 Å². The largest absolute Gasteiger partial charge is 0.465 e. The van der Waals surface area contributed by atoms with Gasteiger partial charge in [0.25, 0.3) is 0 Å². The maximum absolute atomic E-state index is 12.7. The number of methoxy groups -OCH3 is 2. The van der Waals surface area contributed by atoms with E-state index in [1.54, 1.807) is 6.07 Å². The first-order valence-electron chi connectivity index (χ1n) is 19.1. The summed E-state index contributed by atoms with van der Waals surface area (Å²) < 4.78 is 15.9. The second-order valence-corrected chi connectivity index (χ2v) is 13.3. The zero-order valence-corrected chi connectivity index (χ0v) is 33.4. The molecule has 0 aliphatic carbocycles. The second-order valence-electron chi connectivity index (χ2n) is 13.3. The molecule has 0 saturated heterocycles. The van der Waals surface area contributed by atoms with Crippen LogP contribution in [0.5, 0.6) is 0 Å². The number of anilines is 2. The van der Waals surface area contributed by atoms with E-state index in [2.05, 4.69) is 54.5 Å². The summed E-state index contributed by atoms with van der Waals surface area (Å²) in [5.41, 5.74) is 16.8. The highest BCUT2D eigenvalue weighted by atomic mass is 16.5. The van der Waals surface area contributed by atoms with Crippen molar-refractivity contribution in [3.8, 4) is 23.0 Å². The highest BCUT2D eigenvalue weighted by Gasteiger charge is 2.24. The van der Waals surface area contributed by atoms with Gasteiger partial charge in [0.1, 0.15) is 17.5 Å². The lowest BCUT2D eigenvalue weighted by Gasteiger charge is -2.07. The number of rotatable bonds is 16. The van der Waals surface area contributed by atoms with Gasteiger partial charge in [-0.25, -0.2) is 28.9 Å². The summed E-state index contributed by atoms with van der Waals surface area (Å²) in [5, 5.41) is 36.4. The Morgan fingerprint density at radius 1 is 0.617 bits per heavy atom. The molecule has 7 aromatic rings. The number of aromatic nitrogens is 10. The molecule has 4 N–H and O–H groups in total. The Kier molecular flexibility index (Phi) is 12.2. The SMILES string of the molecule is CCCCc1nn(-c2cc(-n3nc(CCCC)c(/N=N/c4c(C(=O)OC)cnn4-c4ccccc4)c3N)ncn2)c(N)c1/N=N/c1c(C(=O)OC)cnn1-c1ccccc1. The summed E-state index contributed by atoms with van der Waals surface area (Å²) >= 11 is 0. The quantitative estimate of drug-likeness (QED) is 0.0712. The van der Waals surface area contributed by atoms with E-state index in [1.807, 2.05) is 60.7 Å². The number of ether oxygens (including phenoxy) is 2. The average molecular weight is 811 g/mol. The number of nitrogens with zero attached hydrogens (tertiary/aromatic N) is 14.